The fourth-order valence-corrected chi connectivity index (χ4v) is 4.26. The molecule has 3 amide bonds. The number of rotatable bonds is 5. The predicted octanol–water partition coefficient (Wildman–Crippen LogP) is 2.27. The summed E-state index contributed by atoms with van der Waals surface area (Å²) in [5.41, 5.74) is -0.400. The van der Waals surface area contributed by atoms with Gasteiger partial charge in [-0.1, -0.05) is 39.8 Å². The molecule has 0 saturated carbocycles. The minimum Gasteiger partial charge on any atom is -0.481 e. The number of benzene rings is 1. The van der Waals surface area contributed by atoms with Crippen molar-refractivity contribution in [3.05, 3.63) is 35.4 Å². The van der Waals surface area contributed by atoms with Gasteiger partial charge >= 0.3 is 5.97 Å². The van der Waals surface area contributed by atoms with Crippen molar-refractivity contribution in [3.8, 4) is 0 Å². The van der Waals surface area contributed by atoms with Crippen LogP contribution in [0.5, 0.6) is 0 Å². The number of nitrogens with zero attached hydrogens (tertiary/aromatic N) is 2. The van der Waals surface area contributed by atoms with Crippen molar-refractivity contribution in [2.75, 3.05) is 13.1 Å². The van der Waals surface area contributed by atoms with Gasteiger partial charge in [-0.25, -0.2) is 0 Å². The van der Waals surface area contributed by atoms with Crippen molar-refractivity contribution in [1.29, 1.82) is 0 Å². The zero-order valence-corrected chi connectivity index (χ0v) is 16.6. The minimum absolute atomic E-state index is 0.0885. The predicted molar refractivity (Wildman–Crippen MR) is 102 cm³/mol. The van der Waals surface area contributed by atoms with Crippen LogP contribution in [-0.4, -0.2) is 57.7 Å². The van der Waals surface area contributed by atoms with Crippen molar-refractivity contribution in [2.24, 2.45) is 17.3 Å². The van der Waals surface area contributed by atoms with Gasteiger partial charge in [0.15, 0.2) is 0 Å². The molecule has 0 aliphatic carbocycles. The van der Waals surface area contributed by atoms with Crippen LogP contribution in [0.1, 0.15) is 54.8 Å². The highest BCUT2D eigenvalue weighted by Crippen LogP contribution is 2.39. The lowest BCUT2D eigenvalue weighted by molar-refractivity contribution is -0.151. The van der Waals surface area contributed by atoms with E-state index in [0.717, 1.165) is 4.90 Å². The molecule has 0 spiro atoms. The maximum Gasteiger partial charge on any atom is 0.311 e. The summed E-state index contributed by atoms with van der Waals surface area (Å²) < 4.78 is 0. The molecular formula is C21H26N2O5. The molecule has 28 heavy (non-hydrogen) atoms. The number of imide groups is 1. The Morgan fingerprint density at radius 2 is 1.57 bits per heavy atom. The Labute approximate surface area is 164 Å². The molecule has 0 aromatic heterocycles. The van der Waals surface area contributed by atoms with Gasteiger partial charge in [0, 0.05) is 13.1 Å². The molecule has 2 atom stereocenters. The van der Waals surface area contributed by atoms with Gasteiger partial charge in [0.2, 0.25) is 5.91 Å². The molecule has 2 heterocycles. The summed E-state index contributed by atoms with van der Waals surface area (Å²) in [6.45, 7) is 7.64. The summed E-state index contributed by atoms with van der Waals surface area (Å²) in [7, 11) is 0. The van der Waals surface area contributed by atoms with Crippen LogP contribution >= 0.6 is 0 Å². The number of carboxylic acid groups (broad SMARTS) is 1. The number of carboxylic acids is 1. The van der Waals surface area contributed by atoms with Gasteiger partial charge in [0.25, 0.3) is 11.8 Å². The number of carbonyl (C=O) groups is 4. The molecule has 1 N–H and O–H groups in total. The summed E-state index contributed by atoms with van der Waals surface area (Å²) >= 11 is 0. The first kappa shape index (κ1) is 20.0. The van der Waals surface area contributed by atoms with E-state index in [4.69, 9.17) is 0 Å². The molecule has 1 aromatic rings. The van der Waals surface area contributed by atoms with Crippen molar-refractivity contribution >= 4 is 23.7 Å². The Balaban J connectivity index is 1.91. The van der Waals surface area contributed by atoms with E-state index in [1.165, 1.54) is 4.90 Å². The smallest absolute Gasteiger partial charge is 0.311 e. The fraction of sp³-hybridized carbons (Fsp3) is 0.524. The highest BCUT2D eigenvalue weighted by Gasteiger charge is 2.51. The maximum atomic E-state index is 13.3. The number of fused-ring (bicyclic) bond motifs is 1. The third-order valence-corrected chi connectivity index (χ3v) is 6.13. The van der Waals surface area contributed by atoms with Crippen LogP contribution < -0.4 is 0 Å². The van der Waals surface area contributed by atoms with E-state index < -0.39 is 29.2 Å². The van der Waals surface area contributed by atoms with Crippen LogP contribution in [0.25, 0.3) is 0 Å². The Kier molecular flexibility index (Phi) is 5.04. The van der Waals surface area contributed by atoms with Gasteiger partial charge in [-0.3, -0.25) is 24.1 Å². The van der Waals surface area contributed by atoms with Gasteiger partial charge in [0.05, 0.1) is 16.5 Å². The Morgan fingerprint density at radius 3 is 1.96 bits per heavy atom. The van der Waals surface area contributed by atoms with E-state index in [1.54, 1.807) is 38.1 Å². The first-order chi connectivity index (χ1) is 13.1. The highest BCUT2D eigenvalue weighted by atomic mass is 16.4. The average molecular weight is 386 g/mol. The summed E-state index contributed by atoms with van der Waals surface area (Å²) in [6.07, 6.45) is 0.360. The monoisotopic (exact) mass is 386 g/mol. The van der Waals surface area contributed by atoms with E-state index in [-0.39, 0.29) is 24.3 Å². The summed E-state index contributed by atoms with van der Waals surface area (Å²) in [4.78, 5) is 53.5. The van der Waals surface area contributed by atoms with Crippen molar-refractivity contribution < 1.29 is 24.3 Å². The lowest BCUT2D eigenvalue weighted by atomic mass is 9.76. The second-order valence-electron chi connectivity index (χ2n) is 8.34. The first-order valence-corrected chi connectivity index (χ1v) is 9.61. The molecule has 7 heteroatoms. The lowest BCUT2D eigenvalue weighted by Gasteiger charge is -2.33. The van der Waals surface area contributed by atoms with Gasteiger partial charge < -0.3 is 10.0 Å². The number of carbonyl (C=O) groups excluding carboxylic acids is 3. The van der Waals surface area contributed by atoms with Gasteiger partial charge in [-0.15, -0.1) is 0 Å². The fourth-order valence-electron chi connectivity index (χ4n) is 4.26. The quantitative estimate of drug-likeness (QED) is 0.784. The van der Waals surface area contributed by atoms with Crippen molar-refractivity contribution in [3.63, 3.8) is 0 Å². The summed E-state index contributed by atoms with van der Waals surface area (Å²) in [5.74, 6) is -2.67. The maximum absolute atomic E-state index is 13.3. The molecule has 2 aliphatic rings. The topological polar surface area (TPSA) is 95.0 Å². The van der Waals surface area contributed by atoms with Crippen LogP contribution in [-0.2, 0) is 9.59 Å². The van der Waals surface area contributed by atoms with Crippen molar-refractivity contribution in [1.82, 2.24) is 9.80 Å². The van der Waals surface area contributed by atoms with E-state index in [9.17, 15) is 24.3 Å². The Morgan fingerprint density at radius 1 is 1.04 bits per heavy atom. The summed E-state index contributed by atoms with van der Waals surface area (Å²) in [6, 6.07) is 5.58. The SMILES string of the molecule is CC(C)C(C(=O)N1CCC(C(=O)O)(C(C)C)C1)N1C(=O)c2ccccc2C1=O. The number of amides is 3. The molecular weight excluding hydrogens is 360 g/mol. The van der Waals surface area contributed by atoms with Gasteiger partial charge in [-0.05, 0) is 30.4 Å². The zero-order valence-electron chi connectivity index (χ0n) is 16.6. The molecule has 3 rings (SSSR count). The number of hydrogen-bond donors (Lipinski definition) is 1. The van der Waals surface area contributed by atoms with Crippen molar-refractivity contribution in [2.45, 2.75) is 40.2 Å². The standard InChI is InChI=1S/C21H26N2O5/c1-12(2)16(23-17(24)14-7-5-6-8-15(14)18(23)25)19(26)22-10-9-21(11-22,13(3)4)20(27)28/h5-8,12-13,16H,9-11H2,1-4H3,(H,27,28). The van der Waals surface area contributed by atoms with E-state index in [0.29, 0.717) is 24.1 Å². The van der Waals surface area contributed by atoms with E-state index in [1.807, 2.05) is 13.8 Å². The van der Waals surface area contributed by atoms with Gasteiger partial charge in [-0.2, -0.15) is 0 Å². The third kappa shape index (κ3) is 2.89. The minimum atomic E-state index is -1.00. The second kappa shape index (κ2) is 7.04. The first-order valence-electron chi connectivity index (χ1n) is 9.61. The number of hydrogen-bond acceptors (Lipinski definition) is 4. The molecule has 1 aromatic carbocycles. The second-order valence-corrected chi connectivity index (χ2v) is 8.34. The number of likely N-dealkylation sites (tertiary alicyclic amines) is 1. The molecule has 0 radical (unpaired) electrons. The largest absolute Gasteiger partial charge is 0.481 e. The molecule has 2 unspecified atom stereocenters. The zero-order chi connectivity index (χ0) is 20.8. The van der Waals surface area contributed by atoms with Gasteiger partial charge in [0.1, 0.15) is 6.04 Å². The van der Waals surface area contributed by atoms with Crippen LogP contribution in [0.15, 0.2) is 24.3 Å². The molecule has 0 bridgehead atoms. The molecule has 2 aliphatic heterocycles. The molecule has 7 nitrogen and oxygen atoms in total. The number of aliphatic carboxylic acids is 1. The molecule has 1 fully saturated rings. The Bertz CT molecular complexity index is 812. The van der Waals surface area contributed by atoms with Crippen LogP contribution in [0.4, 0.5) is 0 Å². The normalized spacial score (nSPS) is 22.9. The molecule has 150 valence electrons. The highest BCUT2D eigenvalue weighted by molar-refractivity contribution is 6.22. The third-order valence-electron chi connectivity index (χ3n) is 6.13. The van der Waals surface area contributed by atoms with E-state index in [2.05, 4.69) is 0 Å². The van der Waals surface area contributed by atoms with Crippen LogP contribution in [0.2, 0.25) is 0 Å². The van der Waals surface area contributed by atoms with E-state index >= 15 is 0 Å². The average Bonchev–Trinajstić information content (AvgIpc) is 3.19. The lowest BCUT2D eigenvalue weighted by Crippen LogP contribution is -2.53. The molecule has 1 saturated heterocycles. The van der Waals surface area contributed by atoms with Crippen LogP contribution in [0, 0.1) is 17.3 Å². The van der Waals surface area contributed by atoms with Crippen LogP contribution in [0.3, 0.4) is 0 Å². The summed E-state index contributed by atoms with van der Waals surface area (Å²) in [5, 5.41) is 9.74. The Hall–Kier alpha value is -2.70.